The molecule has 0 aliphatic heterocycles. The highest BCUT2D eigenvalue weighted by molar-refractivity contribution is 7.98. The second-order valence-electron chi connectivity index (χ2n) is 3.87. The third kappa shape index (κ3) is 3.49. The molecule has 0 amide bonds. The van der Waals surface area contributed by atoms with Crippen LogP contribution in [0.3, 0.4) is 0 Å². The minimum Gasteiger partial charge on any atom is -0.330 e. The quantitative estimate of drug-likeness (QED) is 0.610. The average Bonchev–Trinajstić information content (AvgIpc) is 2.31. The molecule has 0 unspecified atom stereocenters. The van der Waals surface area contributed by atoms with E-state index in [4.69, 9.17) is 5.73 Å². The minimum absolute atomic E-state index is 0.0439. The SMILES string of the molecule is CCc1cc(CCCCN)cc(SC)c1F. The Bertz CT molecular complexity index is 314. The average molecular weight is 241 g/mol. The third-order valence-electron chi connectivity index (χ3n) is 2.69. The van der Waals surface area contributed by atoms with E-state index in [1.165, 1.54) is 17.3 Å². The summed E-state index contributed by atoms with van der Waals surface area (Å²) in [5, 5.41) is 0. The summed E-state index contributed by atoms with van der Waals surface area (Å²) in [6, 6.07) is 3.96. The third-order valence-corrected chi connectivity index (χ3v) is 3.43. The first-order valence-electron chi connectivity index (χ1n) is 5.78. The Labute approximate surface area is 102 Å². The molecule has 3 heteroatoms. The molecule has 16 heavy (non-hydrogen) atoms. The van der Waals surface area contributed by atoms with Crippen LogP contribution in [0.4, 0.5) is 4.39 Å². The number of benzene rings is 1. The van der Waals surface area contributed by atoms with Gasteiger partial charge in [-0.05, 0) is 55.7 Å². The van der Waals surface area contributed by atoms with Crippen LogP contribution < -0.4 is 5.73 Å². The lowest BCUT2D eigenvalue weighted by atomic mass is 10.0. The highest BCUT2D eigenvalue weighted by Crippen LogP contribution is 2.25. The summed E-state index contributed by atoms with van der Waals surface area (Å²) in [5.41, 5.74) is 7.53. The molecule has 0 bridgehead atoms. The Kier molecular flexibility index (Phi) is 5.85. The number of nitrogens with two attached hydrogens (primary N) is 1. The Balaban J connectivity index is 2.84. The van der Waals surface area contributed by atoms with Crippen LogP contribution in [0.5, 0.6) is 0 Å². The topological polar surface area (TPSA) is 26.0 Å². The first kappa shape index (κ1) is 13.5. The van der Waals surface area contributed by atoms with Crippen molar-refractivity contribution in [2.45, 2.75) is 37.5 Å². The zero-order valence-corrected chi connectivity index (χ0v) is 10.9. The second kappa shape index (κ2) is 6.92. The summed E-state index contributed by atoms with van der Waals surface area (Å²) in [7, 11) is 0. The maximum Gasteiger partial charge on any atom is 0.139 e. The lowest BCUT2D eigenvalue weighted by Crippen LogP contribution is -2.00. The highest BCUT2D eigenvalue weighted by Gasteiger charge is 2.08. The van der Waals surface area contributed by atoms with Gasteiger partial charge in [-0.3, -0.25) is 0 Å². The largest absolute Gasteiger partial charge is 0.330 e. The van der Waals surface area contributed by atoms with Gasteiger partial charge in [-0.2, -0.15) is 0 Å². The molecule has 1 rings (SSSR count). The van der Waals surface area contributed by atoms with Gasteiger partial charge in [-0.15, -0.1) is 11.8 Å². The van der Waals surface area contributed by atoms with Crippen molar-refractivity contribution in [1.29, 1.82) is 0 Å². The molecule has 0 aliphatic rings. The van der Waals surface area contributed by atoms with E-state index in [-0.39, 0.29) is 5.82 Å². The van der Waals surface area contributed by atoms with E-state index >= 15 is 0 Å². The molecular formula is C13H20FNS. The molecule has 0 heterocycles. The summed E-state index contributed by atoms with van der Waals surface area (Å²) in [6.07, 6.45) is 5.79. The Hall–Kier alpha value is -0.540. The molecular weight excluding hydrogens is 221 g/mol. The van der Waals surface area contributed by atoms with Crippen LogP contribution in [0.15, 0.2) is 17.0 Å². The summed E-state index contributed by atoms with van der Waals surface area (Å²) in [6.45, 7) is 2.73. The van der Waals surface area contributed by atoms with Crippen molar-refractivity contribution in [1.82, 2.24) is 0 Å². The van der Waals surface area contributed by atoms with E-state index in [1.807, 2.05) is 25.3 Å². The molecule has 0 aliphatic carbocycles. The highest BCUT2D eigenvalue weighted by atomic mass is 32.2. The van der Waals surface area contributed by atoms with Crippen molar-refractivity contribution in [3.63, 3.8) is 0 Å². The number of halogens is 1. The van der Waals surface area contributed by atoms with Crippen molar-refractivity contribution < 1.29 is 4.39 Å². The van der Waals surface area contributed by atoms with E-state index < -0.39 is 0 Å². The van der Waals surface area contributed by atoms with Crippen LogP contribution >= 0.6 is 11.8 Å². The monoisotopic (exact) mass is 241 g/mol. The van der Waals surface area contributed by atoms with E-state index in [1.54, 1.807) is 0 Å². The number of hydrogen-bond acceptors (Lipinski definition) is 2. The van der Waals surface area contributed by atoms with E-state index in [0.717, 1.165) is 42.7 Å². The molecule has 0 fully saturated rings. The van der Waals surface area contributed by atoms with E-state index in [2.05, 4.69) is 0 Å². The molecule has 0 saturated heterocycles. The summed E-state index contributed by atoms with van der Waals surface area (Å²) < 4.78 is 13.8. The molecule has 2 N–H and O–H groups in total. The predicted octanol–water partition coefficient (Wildman–Crippen LogP) is 3.39. The summed E-state index contributed by atoms with van der Waals surface area (Å²) in [5.74, 6) is -0.0439. The molecule has 0 saturated carbocycles. The predicted molar refractivity (Wildman–Crippen MR) is 69.6 cm³/mol. The molecule has 0 radical (unpaired) electrons. The molecule has 0 atom stereocenters. The maximum absolute atomic E-state index is 13.8. The zero-order valence-electron chi connectivity index (χ0n) is 10.1. The lowest BCUT2D eigenvalue weighted by Gasteiger charge is -2.09. The van der Waals surface area contributed by atoms with Crippen LogP contribution in [0.2, 0.25) is 0 Å². The fourth-order valence-electron chi connectivity index (χ4n) is 1.74. The van der Waals surface area contributed by atoms with Gasteiger partial charge in [0.25, 0.3) is 0 Å². The Morgan fingerprint density at radius 3 is 2.62 bits per heavy atom. The van der Waals surface area contributed by atoms with Gasteiger partial charge in [-0.1, -0.05) is 13.0 Å². The standard InChI is InChI=1S/C13H20FNS/c1-3-11-8-10(6-4-5-7-15)9-12(16-2)13(11)14/h8-9H,3-7,15H2,1-2H3. The number of aryl methyl sites for hydroxylation is 2. The van der Waals surface area contributed by atoms with Gasteiger partial charge in [0.15, 0.2) is 0 Å². The Morgan fingerprint density at radius 2 is 2.06 bits per heavy atom. The van der Waals surface area contributed by atoms with Crippen LogP contribution in [0, 0.1) is 5.82 Å². The molecule has 0 spiro atoms. The van der Waals surface area contributed by atoms with Crippen LogP contribution in [-0.4, -0.2) is 12.8 Å². The van der Waals surface area contributed by atoms with Gasteiger partial charge < -0.3 is 5.73 Å². The van der Waals surface area contributed by atoms with E-state index in [0.29, 0.717) is 0 Å². The van der Waals surface area contributed by atoms with Gasteiger partial charge in [0, 0.05) is 4.90 Å². The fourth-order valence-corrected chi connectivity index (χ4v) is 2.32. The maximum atomic E-state index is 13.8. The smallest absolute Gasteiger partial charge is 0.139 e. The summed E-state index contributed by atoms with van der Waals surface area (Å²) >= 11 is 1.48. The molecule has 90 valence electrons. The number of rotatable bonds is 6. The fraction of sp³-hybridized carbons (Fsp3) is 0.538. The summed E-state index contributed by atoms with van der Waals surface area (Å²) in [4.78, 5) is 0.766. The molecule has 1 nitrogen and oxygen atoms in total. The van der Waals surface area contributed by atoms with Gasteiger partial charge in [0.05, 0.1) is 0 Å². The van der Waals surface area contributed by atoms with Gasteiger partial charge in [-0.25, -0.2) is 4.39 Å². The Morgan fingerprint density at radius 1 is 1.31 bits per heavy atom. The van der Waals surface area contributed by atoms with Crippen molar-refractivity contribution >= 4 is 11.8 Å². The first-order chi connectivity index (χ1) is 7.72. The molecule has 1 aromatic carbocycles. The molecule has 0 aromatic heterocycles. The van der Waals surface area contributed by atoms with Crippen molar-refractivity contribution in [3.8, 4) is 0 Å². The minimum atomic E-state index is -0.0439. The van der Waals surface area contributed by atoms with Crippen LogP contribution in [0.25, 0.3) is 0 Å². The number of thioether (sulfide) groups is 1. The number of unbranched alkanes of at least 4 members (excludes halogenated alkanes) is 1. The van der Waals surface area contributed by atoms with Crippen LogP contribution in [-0.2, 0) is 12.8 Å². The van der Waals surface area contributed by atoms with Gasteiger partial charge in [0.2, 0.25) is 0 Å². The van der Waals surface area contributed by atoms with Crippen molar-refractivity contribution in [3.05, 3.63) is 29.1 Å². The zero-order chi connectivity index (χ0) is 12.0. The van der Waals surface area contributed by atoms with Crippen molar-refractivity contribution in [2.75, 3.05) is 12.8 Å². The lowest BCUT2D eigenvalue weighted by molar-refractivity contribution is 0.584. The second-order valence-corrected chi connectivity index (χ2v) is 4.72. The number of hydrogen-bond donors (Lipinski definition) is 1. The first-order valence-corrected chi connectivity index (χ1v) is 7.00. The van der Waals surface area contributed by atoms with E-state index in [9.17, 15) is 4.39 Å². The van der Waals surface area contributed by atoms with Gasteiger partial charge in [0.1, 0.15) is 5.82 Å². The van der Waals surface area contributed by atoms with Crippen LogP contribution in [0.1, 0.15) is 30.9 Å². The molecule has 1 aromatic rings. The normalized spacial score (nSPS) is 10.8. The van der Waals surface area contributed by atoms with Crippen molar-refractivity contribution in [2.24, 2.45) is 5.73 Å². The van der Waals surface area contributed by atoms with Gasteiger partial charge >= 0.3 is 0 Å².